The molecule has 28 heavy (non-hydrogen) atoms. The molecular weight excluding hydrogens is 393 g/mol. The van der Waals surface area contributed by atoms with Crippen molar-refractivity contribution in [3.8, 4) is 0 Å². The number of amides is 1. The van der Waals surface area contributed by atoms with Gasteiger partial charge in [0, 0.05) is 35.6 Å². The Morgan fingerprint density at radius 2 is 2.00 bits per heavy atom. The lowest BCUT2D eigenvalue weighted by Crippen LogP contribution is -2.18. The monoisotopic (exact) mass is 406 g/mol. The van der Waals surface area contributed by atoms with Crippen molar-refractivity contribution in [3.63, 3.8) is 0 Å². The molecule has 0 unspecified atom stereocenters. The minimum absolute atomic E-state index is 0.00634. The maximum Gasteiger partial charge on any atom is 0.421 e. The minimum atomic E-state index is -4.61. The quantitative estimate of drug-likeness (QED) is 0.598. The largest absolute Gasteiger partial charge is 0.421 e. The smallest absolute Gasteiger partial charge is 0.326 e. The molecule has 0 bridgehead atoms. The summed E-state index contributed by atoms with van der Waals surface area (Å²) < 4.78 is 39.8. The minimum Gasteiger partial charge on any atom is -0.326 e. The number of nitrogens with one attached hydrogen (secondary N) is 3. The third kappa shape index (κ3) is 3.88. The lowest BCUT2D eigenvalue weighted by atomic mass is 10.0. The fourth-order valence-electron chi connectivity index (χ4n) is 2.72. The average molecular weight is 406 g/mol. The number of thiazole rings is 1. The summed E-state index contributed by atoms with van der Waals surface area (Å²) in [5, 5.41) is 10.2. The van der Waals surface area contributed by atoms with Crippen molar-refractivity contribution in [1.29, 1.82) is 0 Å². The molecule has 3 heterocycles. The van der Waals surface area contributed by atoms with Crippen molar-refractivity contribution in [2.75, 3.05) is 16.0 Å². The molecule has 1 amide bonds. The van der Waals surface area contributed by atoms with Crippen molar-refractivity contribution in [2.24, 2.45) is 0 Å². The van der Waals surface area contributed by atoms with Gasteiger partial charge in [0.1, 0.15) is 11.4 Å². The second-order valence-electron chi connectivity index (χ2n) is 5.96. The van der Waals surface area contributed by atoms with E-state index >= 15 is 0 Å². The van der Waals surface area contributed by atoms with E-state index in [9.17, 15) is 18.0 Å². The number of hydrogen-bond acceptors (Lipinski definition) is 7. The number of alkyl halides is 3. The predicted molar refractivity (Wildman–Crippen MR) is 99.1 cm³/mol. The number of halogens is 3. The molecule has 4 rings (SSSR count). The second-order valence-corrected chi connectivity index (χ2v) is 6.86. The standard InChI is InChI=1S/C17H13F3N6OS/c18-17(19,20)11-8-22-15(25-14(11)26-16-21-5-6-28-16)23-10-2-3-12-9(7-10)1-4-13(27)24-12/h2-3,5-8H,1,4H2,(H,24,27)(H2,21,22,23,25,26). The molecule has 2 aromatic heterocycles. The van der Waals surface area contributed by atoms with Crippen LogP contribution in [0.3, 0.4) is 0 Å². The molecule has 7 nitrogen and oxygen atoms in total. The fourth-order valence-corrected chi connectivity index (χ4v) is 3.25. The van der Waals surface area contributed by atoms with Crippen LogP contribution in [-0.2, 0) is 17.4 Å². The van der Waals surface area contributed by atoms with Crippen molar-refractivity contribution < 1.29 is 18.0 Å². The molecule has 0 aliphatic carbocycles. The zero-order chi connectivity index (χ0) is 19.7. The highest BCUT2D eigenvalue weighted by atomic mass is 32.1. The van der Waals surface area contributed by atoms with Crippen molar-refractivity contribution >= 4 is 45.5 Å². The number of nitrogens with zero attached hydrogens (tertiary/aromatic N) is 3. The molecular formula is C17H13F3N6OS. The van der Waals surface area contributed by atoms with Crippen LogP contribution in [0.5, 0.6) is 0 Å². The highest BCUT2D eigenvalue weighted by molar-refractivity contribution is 7.13. The highest BCUT2D eigenvalue weighted by Crippen LogP contribution is 2.36. The van der Waals surface area contributed by atoms with E-state index in [1.807, 2.05) is 6.07 Å². The van der Waals surface area contributed by atoms with Gasteiger partial charge in [-0.1, -0.05) is 0 Å². The van der Waals surface area contributed by atoms with Gasteiger partial charge in [-0.15, -0.1) is 11.3 Å². The van der Waals surface area contributed by atoms with E-state index in [1.54, 1.807) is 17.5 Å². The summed E-state index contributed by atoms with van der Waals surface area (Å²) >= 11 is 1.16. The van der Waals surface area contributed by atoms with Gasteiger partial charge in [0.25, 0.3) is 0 Å². The molecule has 0 atom stereocenters. The Morgan fingerprint density at radius 3 is 2.75 bits per heavy atom. The molecule has 3 aromatic rings. The Kier molecular flexibility index (Phi) is 4.59. The van der Waals surface area contributed by atoms with Crippen LogP contribution in [0.4, 0.5) is 41.4 Å². The third-order valence-electron chi connectivity index (χ3n) is 4.01. The Balaban J connectivity index is 1.62. The molecule has 1 aromatic carbocycles. The Hall–Kier alpha value is -3.21. The normalized spacial score (nSPS) is 13.6. The van der Waals surface area contributed by atoms with Crippen molar-refractivity contribution in [2.45, 2.75) is 19.0 Å². The molecule has 1 aliphatic rings. The molecule has 0 saturated heterocycles. The van der Waals surface area contributed by atoms with Gasteiger partial charge in [-0.3, -0.25) is 4.79 Å². The van der Waals surface area contributed by atoms with Crippen LogP contribution in [0.1, 0.15) is 17.5 Å². The van der Waals surface area contributed by atoms with Crippen molar-refractivity contribution in [1.82, 2.24) is 15.0 Å². The first-order chi connectivity index (χ1) is 13.4. The lowest BCUT2D eigenvalue weighted by Gasteiger charge is -2.18. The number of carbonyl (C=O) groups excluding carboxylic acids is 1. The van der Waals surface area contributed by atoms with Gasteiger partial charge in [0.15, 0.2) is 5.13 Å². The van der Waals surface area contributed by atoms with Gasteiger partial charge in [-0.25, -0.2) is 9.97 Å². The van der Waals surface area contributed by atoms with Crippen LogP contribution >= 0.6 is 11.3 Å². The predicted octanol–water partition coefficient (Wildman–Crippen LogP) is 4.32. The van der Waals surface area contributed by atoms with Gasteiger partial charge in [0.2, 0.25) is 11.9 Å². The van der Waals surface area contributed by atoms with Crippen LogP contribution in [0.25, 0.3) is 0 Å². The zero-order valence-corrected chi connectivity index (χ0v) is 15.0. The Morgan fingerprint density at radius 1 is 1.14 bits per heavy atom. The van der Waals surface area contributed by atoms with E-state index in [2.05, 4.69) is 30.9 Å². The number of carbonyl (C=O) groups is 1. The third-order valence-corrected chi connectivity index (χ3v) is 4.70. The number of aromatic nitrogens is 3. The van der Waals surface area contributed by atoms with E-state index in [4.69, 9.17) is 0 Å². The van der Waals surface area contributed by atoms with Gasteiger partial charge in [-0.05, 0) is 30.2 Å². The summed E-state index contributed by atoms with van der Waals surface area (Å²) in [4.78, 5) is 23.1. The van der Waals surface area contributed by atoms with Crippen molar-refractivity contribution in [3.05, 3.63) is 47.1 Å². The number of fused-ring (bicyclic) bond motifs is 1. The van der Waals surface area contributed by atoms with Gasteiger partial charge < -0.3 is 16.0 Å². The number of aryl methyl sites for hydroxylation is 1. The summed E-state index contributed by atoms with van der Waals surface area (Å²) in [6, 6.07) is 5.23. The Labute approximate surface area is 161 Å². The van der Waals surface area contributed by atoms with Crippen LogP contribution in [0.2, 0.25) is 0 Å². The molecule has 0 saturated carbocycles. The molecule has 0 radical (unpaired) electrons. The number of benzene rings is 1. The lowest BCUT2D eigenvalue weighted by molar-refractivity contribution is -0.137. The fraction of sp³-hybridized carbons (Fsp3) is 0.176. The van der Waals surface area contributed by atoms with E-state index in [-0.39, 0.29) is 17.7 Å². The topological polar surface area (TPSA) is 91.8 Å². The summed E-state index contributed by atoms with van der Waals surface area (Å²) in [5.41, 5.74) is 1.27. The van der Waals surface area contributed by atoms with E-state index in [1.165, 1.54) is 6.20 Å². The van der Waals surface area contributed by atoms with E-state index < -0.39 is 11.7 Å². The van der Waals surface area contributed by atoms with Gasteiger partial charge in [0.05, 0.1) is 0 Å². The molecule has 144 valence electrons. The average Bonchev–Trinajstić information content (AvgIpc) is 3.14. The van der Waals surface area contributed by atoms with Crippen LogP contribution < -0.4 is 16.0 Å². The second kappa shape index (κ2) is 7.08. The summed E-state index contributed by atoms with van der Waals surface area (Å²) in [6.07, 6.45) is -1.44. The highest BCUT2D eigenvalue weighted by Gasteiger charge is 2.35. The van der Waals surface area contributed by atoms with Gasteiger partial charge >= 0.3 is 6.18 Å². The van der Waals surface area contributed by atoms with Crippen LogP contribution in [-0.4, -0.2) is 20.9 Å². The molecule has 0 fully saturated rings. The first kappa shape index (κ1) is 18.2. The van der Waals surface area contributed by atoms with Crippen LogP contribution in [0, 0.1) is 0 Å². The molecule has 11 heteroatoms. The van der Waals surface area contributed by atoms with E-state index in [0.29, 0.717) is 23.7 Å². The SMILES string of the molecule is O=C1CCc2cc(Nc3ncc(C(F)(F)F)c(Nc4nccs4)n3)ccc2N1. The Bertz CT molecular complexity index is 1020. The number of rotatable bonds is 4. The first-order valence-corrected chi connectivity index (χ1v) is 9.07. The zero-order valence-electron chi connectivity index (χ0n) is 14.2. The van der Waals surface area contributed by atoms with Crippen LogP contribution in [0.15, 0.2) is 36.0 Å². The maximum absolute atomic E-state index is 13.3. The summed E-state index contributed by atoms with van der Waals surface area (Å²) in [5.74, 6) is -0.422. The molecule has 0 spiro atoms. The number of anilines is 5. The molecule has 3 N–H and O–H groups in total. The number of hydrogen-bond donors (Lipinski definition) is 3. The van der Waals surface area contributed by atoms with Gasteiger partial charge in [-0.2, -0.15) is 18.2 Å². The maximum atomic E-state index is 13.3. The van der Waals surface area contributed by atoms with E-state index in [0.717, 1.165) is 28.8 Å². The first-order valence-electron chi connectivity index (χ1n) is 8.19. The summed E-state index contributed by atoms with van der Waals surface area (Å²) in [6.45, 7) is 0. The molecule has 1 aliphatic heterocycles. The summed E-state index contributed by atoms with van der Waals surface area (Å²) in [7, 11) is 0.